The Labute approximate surface area is 73.0 Å². The minimum absolute atomic E-state index is 0.0476. The van der Waals surface area contributed by atoms with Gasteiger partial charge in [0.2, 0.25) is 0 Å². The number of carboxylic acids is 1. The number of carbonyl (C=O) groups is 1. The molecule has 0 saturated heterocycles. The van der Waals surface area contributed by atoms with Crippen LogP contribution in [0.4, 0.5) is 0 Å². The van der Waals surface area contributed by atoms with Gasteiger partial charge in [-0.2, -0.15) is 0 Å². The second kappa shape index (κ2) is 2.78. The van der Waals surface area contributed by atoms with Crippen molar-refractivity contribution in [3.8, 4) is 11.6 Å². The number of H-pyrrole nitrogens is 1. The van der Waals surface area contributed by atoms with Crippen molar-refractivity contribution in [2.45, 2.75) is 0 Å². The van der Waals surface area contributed by atoms with Crippen LogP contribution >= 0.6 is 0 Å². The van der Waals surface area contributed by atoms with E-state index in [1.165, 1.54) is 12.5 Å². The largest absolute Gasteiger partial charge is 0.477 e. The molecule has 0 atom stereocenters. The third-order valence-corrected chi connectivity index (χ3v) is 1.56. The molecule has 2 heterocycles. The number of imidazole rings is 1. The molecule has 0 bridgehead atoms. The number of nitrogens with one attached hydrogen (secondary N) is 1. The first-order chi connectivity index (χ1) is 6.27. The second-order valence-corrected chi connectivity index (χ2v) is 2.43. The molecule has 0 saturated carbocycles. The molecule has 13 heavy (non-hydrogen) atoms. The van der Waals surface area contributed by atoms with Crippen molar-refractivity contribution < 1.29 is 14.3 Å². The topological polar surface area (TPSA) is 79.1 Å². The van der Waals surface area contributed by atoms with E-state index in [2.05, 4.69) is 9.97 Å². The minimum Gasteiger partial charge on any atom is -0.477 e. The van der Waals surface area contributed by atoms with Crippen LogP contribution in [0.1, 0.15) is 10.5 Å². The Morgan fingerprint density at radius 3 is 3.00 bits per heavy atom. The Hall–Kier alpha value is -2.04. The molecule has 66 valence electrons. The molecule has 0 aliphatic heterocycles. The van der Waals surface area contributed by atoms with Gasteiger partial charge >= 0.3 is 5.97 Å². The molecule has 5 nitrogen and oxygen atoms in total. The Balaban J connectivity index is 2.39. The first kappa shape index (κ1) is 7.60. The third kappa shape index (κ3) is 1.31. The van der Waals surface area contributed by atoms with E-state index >= 15 is 0 Å². The summed E-state index contributed by atoms with van der Waals surface area (Å²) in [7, 11) is 0. The molecule has 0 aromatic carbocycles. The summed E-state index contributed by atoms with van der Waals surface area (Å²) < 4.78 is 5.03. The molecule has 0 unspecified atom stereocenters. The molecule has 2 aromatic rings. The number of furan rings is 1. The Morgan fingerprint density at radius 2 is 2.46 bits per heavy atom. The SMILES string of the molecule is O=C(O)c1cnc(-c2ccco2)[nH]1. The molecule has 2 rings (SSSR count). The van der Waals surface area contributed by atoms with Gasteiger partial charge in [0.05, 0.1) is 12.5 Å². The summed E-state index contributed by atoms with van der Waals surface area (Å²) in [4.78, 5) is 16.9. The van der Waals surface area contributed by atoms with Crippen LogP contribution in [-0.2, 0) is 0 Å². The van der Waals surface area contributed by atoms with Gasteiger partial charge in [-0.3, -0.25) is 0 Å². The van der Waals surface area contributed by atoms with Crippen LogP contribution in [0.5, 0.6) is 0 Å². The molecule has 0 spiro atoms. The number of aromatic amines is 1. The fraction of sp³-hybridized carbons (Fsp3) is 0. The van der Waals surface area contributed by atoms with Crippen molar-refractivity contribution in [2.24, 2.45) is 0 Å². The third-order valence-electron chi connectivity index (χ3n) is 1.56. The van der Waals surface area contributed by atoms with Crippen LogP contribution in [0, 0.1) is 0 Å². The zero-order chi connectivity index (χ0) is 9.26. The van der Waals surface area contributed by atoms with Gasteiger partial charge in [0.15, 0.2) is 11.6 Å². The first-order valence-corrected chi connectivity index (χ1v) is 3.59. The quantitative estimate of drug-likeness (QED) is 0.727. The number of carboxylic acid groups (broad SMARTS) is 1. The fourth-order valence-corrected chi connectivity index (χ4v) is 0.968. The highest BCUT2D eigenvalue weighted by molar-refractivity contribution is 5.85. The highest BCUT2D eigenvalue weighted by Gasteiger charge is 2.09. The number of nitrogens with zero attached hydrogens (tertiary/aromatic N) is 1. The van der Waals surface area contributed by atoms with Gasteiger partial charge in [-0.05, 0) is 12.1 Å². The van der Waals surface area contributed by atoms with Gasteiger partial charge in [0.1, 0.15) is 5.69 Å². The van der Waals surface area contributed by atoms with Gasteiger partial charge in [-0.1, -0.05) is 0 Å². The van der Waals surface area contributed by atoms with Gasteiger partial charge in [0, 0.05) is 0 Å². The van der Waals surface area contributed by atoms with E-state index in [4.69, 9.17) is 9.52 Å². The number of rotatable bonds is 2. The average molecular weight is 178 g/mol. The van der Waals surface area contributed by atoms with Crippen LogP contribution < -0.4 is 0 Å². The molecule has 0 fully saturated rings. The molecule has 0 radical (unpaired) electrons. The second-order valence-electron chi connectivity index (χ2n) is 2.43. The summed E-state index contributed by atoms with van der Waals surface area (Å²) >= 11 is 0. The van der Waals surface area contributed by atoms with E-state index in [1.807, 2.05) is 0 Å². The number of aromatic carboxylic acids is 1. The maximum Gasteiger partial charge on any atom is 0.353 e. The Kier molecular flexibility index (Phi) is 1.63. The van der Waals surface area contributed by atoms with E-state index < -0.39 is 5.97 Å². The van der Waals surface area contributed by atoms with Crippen LogP contribution in [0.25, 0.3) is 11.6 Å². The van der Waals surface area contributed by atoms with Crippen LogP contribution in [0.3, 0.4) is 0 Å². The average Bonchev–Trinajstić information content (AvgIpc) is 2.75. The van der Waals surface area contributed by atoms with E-state index in [1.54, 1.807) is 12.1 Å². The maximum absolute atomic E-state index is 10.5. The number of hydrogen-bond acceptors (Lipinski definition) is 3. The summed E-state index contributed by atoms with van der Waals surface area (Å²) in [6.07, 6.45) is 2.75. The standard InChI is InChI=1S/C8H6N2O3/c11-8(12)5-4-9-7(10-5)6-2-1-3-13-6/h1-4H,(H,9,10)(H,11,12). The smallest absolute Gasteiger partial charge is 0.353 e. The summed E-state index contributed by atoms with van der Waals surface area (Å²) in [5.74, 6) is -0.0970. The molecular weight excluding hydrogens is 172 g/mol. The van der Waals surface area contributed by atoms with Crippen molar-refractivity contribution in [2.75, 3.05) is 0 Å². The van der Waals surface area contributed by atoms with Crippen molar-refractivity contribution >= 4 is 5.97 Å². The highest BCUT2D eigenvalue weighted by Crippen LogP contribution is 2.15. The van der Waals surface area contributed by atoms with Crippen LogP contribution in [0.15, 0.2) is 29.0 Å². The van der Waals surface area contributed by atoms with Crippen LogP contribution in [0.2, 0.25) is 0 Å². The fourth-order valence-electron chi connectivity index (χ4n) is 0.968. The zero-order valence-electron chi connectivity index (χ0n) is 6.52. The normalized spacial score (nSPS) is 10.2. The lowest BCUT2D eigenvalue weighted by Gasteiger charge is -1.87. The van der Waals surface area contributed by atoms with Crippen molar-refractivity contribution in [1.82, 2.24) is 9.97 Å². The molecule has 0 aliphatic rings. The minimum atomic E-state index is -1.04. The Morgan fingerprint density at radius 1 is 1.62 bits per heavy atom. The van der Waals surface area contributed by atoms with E-state index in [9.17, 15) is 4.79 Å². The van der Waals surface area contributed by atoms with Gasteiger partial charge in [-0.25, -0.2) is 9.78 Å². The van der Waals surface area contributed by atoms with Crippen molar-refractivity contribution in [3.05, 3.63) is 30.3 Å². The van der Waals surface area contributed by atoms with Crippen molar-refractivity contribution in [3.63, 3.8) is 0 Å². The molecule has 0 aliphatic carbocycles. The van der Waals surface area contributed by atoms with Crippen molar-refractivity contribution in [1.29, 1.82) is 0 Å². The Bertz CT molecular complexity index is 416. The van der Waals surface area contributed by atoms with Gasteiger partial charge in [0.25, 0.3) is 0 Å². The zero-order valence-corrected chi connectivity index (χ0v) is 6.52. The van der Waals surface area contributed by atoms with Gasteiger partial charge in [-0.15, -0.1) is 0 Å². The maximum atomic E-state index is 10.5. The molecular formula is C8H6N2O3. The molecule has 0 amide bonds. The highest BCUT2D eigenvalue weighted by atomic mass is 16.4. The number of hydrogen-bond donors (Lipinski definition) is 2. The lowest BCUT2D eigenvalue weighted by molar-refractivity contribution is 0.0691. The van der Waals surface area contributed by atoms with Crippen LogP contribution in [-0.4, -0.2) is 21.0 Å². The molecule has 2 N–H and O–H groups in total. The number of aromatic nitrogens is 2. The monoisotopic (exact) mass is 178 g/mol. The van der Waals surface area contributed by atoms with E-state index in [0.717, 1.165) is 0 Å². The molecule has 2 aromatic heterocycles. The van der Waals surface area contributed by atoms with E-state index in [0.29, 0.717) is 11.6 Å². The summed E-state index contributed by atoms with van der Waals surface area (Å²) in [5, 5.41) is 8.59. The summed E-state index contributed by atoms with van der Waals surface area (Å²) in [6, 6.07) is 3.41. The molecule has 5 heteroatoms. The first-order valence-electron chi connectivity index (χ1n) is 3.59. The van der Waals surface area contributed by atoms with Gasteiger partial charge < -0.3 is 14.5 Å². The lowest BCUT2D eigenvalue weighted by Crippen LogP contribution is -1.95. The van der Waals surface area contributed by atoms with E-state index in [-0.39, 0.29) is 5.69 Å². The lowest BCUT2D eigenvalue weighted by atomic mass is 10.4. The summed E-state index contributed by atoms with van der Waals surface area (Å²) in [6.45, 7) is 0. The summed E-state index contributed by atoms with van der Waals surface area (Å²) in [5.41, 5.74) is 0.0476. The predicted octanol–water partition coefficient (Wildman–Crippen LogP) is 1.37. The predicted molar refractivity (Wildman–Crippen MR) is 43.2 cm³/mol.